The van der Waals surface area contributed by atoms with Crippen LogP contribution >= 0.6 is 0 Å². The first-order valence-electron chi connectivity index (χ1n) is 7.41. The molecular weight excluding hydrogens is 270 g/mol. The SMILES string of the molecule is COc1ccc(OCC(O)CNCC2(C)CCCO2)cc1. The smallest absolute Gasteiger partial charge is 0.119 e. The second-order valence-corrected chi connectivity index (χ2v) is 5.67. The number of benzene rings is 1. The molecule has 2 atom stereocenters. The zero-order valence-corrected chi connectivity index (χ0v) is 12.8. The Bertz CT molecular complexity index is 415. The first-order valence-corrected chi connectivity index (χ1v) is 7.41. The van der Waals surface area contributed by atoms with Crippen molar-refractivity contribution in [3.8, 4) is 11.5 Å². The lowest BCUT2D eigenvalue weighted by Crippen LogP contribution is -2.41. The van der Waals surface area contributed by atoms with Crippen molar-refractivity contribution in [1.82, 2.24) is 5.32 Å². The van der Waals surface area contributed by atoms with E-state index in [4.69, 9.17) is 14.2 Å². The second kappa shape index (κ2) is 7.64. The summed E-state index contributed by atoms with van der Waals surface area (Å²) in [6.45, 7) is 4.45. The minimum Gasteiger partial charge on any atom is -0.497 e. The third kappa shape index (κ3) is 5.19. The van der Waals surface area contributed by atoms with E-state index < -0.39 is 6.10 Å². The van der Waals surface area contributed by atoms with Crippen LogP contribution in [0.4, 0.5) is 0 Å². The molecule has 21 heavy (non-hydrogen) atoms. The standard InChI is InChI=1S/C16H25NO4/c1-16(8-3-9-21-16)12-17-10-13(18)11-20-15-6-4-14(19-2)5-7-15/h4-7,13,17-18H,3,8-12H2,1-2H3. The fourth-order valence-corrected chi connectivity index (χ4v) is 2.40. The molecule has 0 saturated carbocycles. The summed E-state index contributed by atoms with van der Waals surface area (Å²) in [5.41, 5.74) is -0.0867. The van der Waals surface area contributed by atoms with E-state index >= 15 is 0 Å². The normalized spacial score (nSPS) is 23.0. The Kier molecular flexibility index (Phi) is 5.85. The molecule has 1 fully saturated rings. The van der Waals surface area contributed by atoms with Gasteiger partial charge in [-0.2, -0.15) is 0 Å². The number of methoxy groups -OCH3 is 1. The van der Waals surface area contributed by atoms with Crippen LogP contribution in [0.5, 0.6) is 11.5 Å². The van der Waals surface area contributed by atoms with Crippen molar-refractivity contribution < 1.29 is 19.3 Å². The molecule has 1 heterocycles. The average molecular weight is 295 g/mol. The third-order valence-electron chi connectivity index (χ3n) is 3.68. The van der Waals surface area contributed by atoms with Gasteiger partial charge in [0.2, 0.25) is 0 Å². The molecule has 1 aromatic rings. The quantitative estimate of drug-likeness (QED) is 0.763. The van der Waals surface area contributed by atoms with Crippen molar-refractivity contribution in [2.45, 2.75) is 31.5 Å². The number of aliphatic hydroxyl groups is 1. The van der Waals surface area contributed by atoms with Crippen molar-refractivity contribution in [2.75, 3.05) is 33.4 Å². The number of hydrogen-bond acceptors (Lipinski definition) is 5. The lowest BCUT2D eigenvalue weighted by atomic mass is 10.0. The number of aliphatic hydroxyl groups excluding tert-OH is 1. The Labute approximate surface area is 126 Å². The molecule has 1 aromatic carbocycles. The van der Waals surface area contributed by atoms with Crippen molar-refractivity contribution in [1.29, 1.82) is 0 Å². The summed E-state index contributed by atoms with van der Waals surface area (Å²) < 4.78 is 16.3. The van der Waals surface area contributed by atoms with Gasteiger partial charge in [-0.1, -0.05) is 0 Å². The van der Waals surface area contributed by atoms with Crippen molar-refractivity contribution in [2.24, 2.45) is 0 Å². The summed E-state index contributed by atoms with van der Waals surface area (Å²) in [4.78, 5) is 0. The zero-order valence-electron chi connectivity index (χ0n) is 12.8. The summed E-state index contributed by atoms with van der Waals surface area (Å²) in [6, 6.07) is 7.31. The predicted octanol–water partition coefficient (Wildman–Crippen LogP) is 1.59. The molecule has 1 saturated heterocycles. The Morgan fingerprint density at radius 3 is 2.67 bits per heavy atom. The maximum absolute atomic E-state index is 9.92. The maximum atomic E-state index is 9.92. The Morgan fingerprint density at radius 1 is 1.33 bits per heavy atom. The van der Waals surface area contributed by atoms with Crippen LogP contribution in [0, 0.1) is 0 Å². The molecule has 0 spiro atoms. The van der Waals surface area contributed by atoms with E-state index in [2.05, 4.69) is 12.2 Å². The number of hydrogen-bond donors (Lipinski definition) is 2. The van der Waals surface area contributed by atoms with Gasteiger partial charge in [0.25, 0.3) is 0 Å². The topological polar surface area (TPSA) is 60.0 Å². The molecule has 0 aliphatic carbocycles. The largest absolute Gasteiger partial charge is 0.497 e. The van der Waals surface area contributed by atoms with Gasteiger partial charge >= 0.3 is 0 Å². The van der Waals surface area contributed by atoms with Gasteiger partial charge < -0.3 is 24.6 Å². The molecule has 2 unspecified atom stereocenters. The van der Waals surface area contributed by atoms with Crippen molar-refractivity contribution in [3.05, 3.63) is 24.3 Å². The second-order valence-electron chi connectivity index (χ2n) is 5.67. The molecule has 0 aromatic heterocycles. The van der Waals surface area contributed by atoms with Gasteiger partial charge in [-0.3, -0.25) is 0 Å². The molecular formula is C16H25NO4. The molecule has 5 heteroatoms. The molecule has 0 bridgehead atoms. The van der Waals surface area contributed by atoms with Crippen molar-refractivity contribution >= 4 is 0 Å². The fourth-order valence-electron chi connectivity index (χ4n) is 2.40. The number of ether oxygens (including phenoxy) is 3. The average Bonchev–Trinajstić information content (AvgIpc) is 2.92. The molecule has 118 valence electrons. The molecule has 1 aliphatic rings. The summed E-state index contributed by atoms with van der Waals surface area (Å²) >= 11 is 0. The Morgan fingerprint density at radius 2 is 2.05 bits per heavy atom. The minimum absolute atomic E-state index is 0.0867. The van der Waals surface area contributed by atoms with Crippen LogP contribution in [0.3, 0.4) is 0 Å². The van der Waals surface area contributed by atoms with E-state index in [1.54, 1.807) is 7.11 Å². The van der Waals surface area contributed by atoms with Crippen LogP contribution < -0.4 is 14.8 Å². The van der Waals surface area contributed by atoms with E-state index in [-0.39, 0.29) is 12.2 Å². The van der Waals surface area contributed by atoms with Crippen LogP contribution in [0.2, 0.25) is 0 Å². The van der Waals surface area contributed by atoms with Gasteiger partial charge in [0.1, 0.15) is 24.2 Å². The Balaban J connectivity index is 1.63. The molecule has 2 rings (SSSR count). The van der Waals surface area contributed by atoms with Crippen LogP contribution in [-0.2, 0) is 4.74 Å². The van der Waals surface area contributed by atoms with Crippen LogP contribution in [0.1, 0.15) is 19.8 Å². The van der Waals surface area contributed by atoms with E-state index in [0.717, 1.165) is 37.5 Å². The fraction of sp³-hybridized carbons (Fsp3) is 0.625. The van der Waals surface area contributed by atoms with Gasteiger partial charge in [0.15, 0.2) is 0 Å². The highest BCUT2D eigenvalue weighted by atomic mass is 16.5. The summed E-state index contributed by atoms with van der Waals surface area (Å²) in [5.74, 6) is 1.51. The predicted molar refractivity (Wildman–Crippen MR) is 81.0 cm³/mol. The molecule has 2 N–H and O–H groups in total. The Hall–Kier alpha value is -1.30. The third-order valence-corrected chi connectivity index (χ3v) is 3.68. The van der Waals surface area contributed by atoms with E-state index in [1.165, 1.54) is 0 Å². The first-order chi connectivity index (χ1) is 10.1. The molecule has 1 aliphatic heterocycles. The van der Waals surface area contributed by atoms with Gasteiger partial charge in [-0.15, -0.1) is 0 Å². The highest BCUT2D eigenvalue weighted by molar-refractivity contribution is 5.31. The van der Waals surface area contributed by atoms with Gasteiger partial charge in [0, 0.05) is 19.7 Å². The van der Waals surface area contributed by atoms with E-state index in [1.807, 2.05) is 24.3 Å². The summed E-state index contributed by atoms with van der Waals surface area (Å²) in [6.07, 6.45) is 1.64. The highest BCUT2D eigenvalue weighted by Gasteiger charge is 2.29. The van der Waals surface area contributed by atoms with Gasteiger partial charge in [0.05, 0.1) is 12.7 Å². The number of rotatable bonds is 8. The molecule has 0 amide bonds. The summed E-state index contributed by atoms with van der Waals surface area (Å²) in [5, 5.41) is 13.2. The molecule has 5 nitrogen and oxygen atoms in total. The van der Waals surface area contributed by atoms with E-state index in [9.17, 15) is 5.11 Å². The van der Waals surface area contributed by atoms with Crippen LogP contribution in [0.25, 0.3) is 0 Å². The van der Waals surface area contributed by atoms with Crippen LogP contribution in [0.15, 0.2) is 24.3 Å². The molecule has 0 radical (unpaired) electrons. The van der Waals surface area contributed by atoms with Gasteiger partial charge in [-0.25, -0.2) is 0 Å². The maximum Gasteiger partial charge on any atom is 0.119 e. The van der Waals surface area contributed by atoms with Gasteiger partial charge in [-0.05, 0) is 44.0 Å². The minimum atomic E-state index is -0.544. The summed E-state index contributed by atoms with van der Waals surface area (Å²) in [7, 11) is 1.62. The van der Waals surface area contributed by atoms with E-state index in [0.29, 0.717) is 6.54 Å². The monoisotopic (exact) mass is 295 g/mol. The lowest BCUT2D eigenvalue weighted by Gasteiger charge is -2.24. The number of nitrogens with one attached hydrogen (secondary N) is 1. The highest BCUT2D eigenvalue weighted by Crippen LogP contribution is 2.23. The van der Waals surface area contributed by atoms with Crippen molar-refractivity contribution in [3.63, 3.8) is 0 Å². The zero-order chi connectivity index (χ0) is 15.1. The van der Waals surface area contributed by atoms with Crippen LogP contribution in [-0.4, -0.2) is 50.2 Å². The first kappa shape index (κ1) is 16.1. The lowest BCUT2D eigenvalue weighted by molar-refractivity contribution is 0.0170.